The number of rotatable bonds is 4. The third kappa shape index (κ3) is 3.29. The van der Waals surface area contributed by atoms with Gasteiger partial charge in [-0.05, 0) is 61.8 Å². The molecule has 4 saturated carbocycles. The van der Waals surface area contributed by atoms with Crippen molar-refractivity contribution in [2.24, 2.45) is 17.8 Å². The van der Waals surface area contributed by atoms with E-state index in [-0.39, 0.29) is 11.6 Å². The van der Waals surface area contributed by atoms with Crippen LogP contribution >= 0.6 is 0 Å². The Hall–Kier alpha value is -1.39. The van der Waals surface area contributed by atoms with Gasteiger partial charge in [0.25, 0.3) is 0 Å². The molecule has 1 atom stereocenters. The highest BCUT2D eigenvalue weighted by molar-refractivity contribution is 5.75. The van der Waals surface area contributed by atoms with Gasteiger partial charge in [0, 0.05) is 19.6 Å². The molecule has 1 heterocycles. The lowest BCUT2D eigenvalue weighted by molar-refractivity contribution is -0.201. The number of hydrogen-bond acceptors (Lipinski definition) is 4. The Labute approximate surface area is 155 Å². The van der Waals surface area contributed by atoms with Crippen molar-refractivity contribution in [3.8, 4) is 0 Å². The number of hydrogen-bond donors (Lipinski definition) is 0. The first-order valence-corrected chi connectivity index (χ1v) is 10.3. The number of morpholine rings is 1. The summed E-state index contributed by atoms with van der Waals surface area (Å²) in [6.07, 6.45) is 6.92. The van der Waals surface area contributed by atoms with E-state index in [1.165, 1.54) is 24.8 Å². The summed E-state index contributed by atoms with van der Waals surface area (Å²) in [4.78, 5) is 15.2. The van der Waals surface area contributed by atoms with E-state index < -0.39 is 6.10 Å². The van der Waals surface area contributed by atoms with E-state index in [1.807, 2.05) is 6.07 Å². The van der Waals surface area contributed by atoms with Gasteiger partial charge in [-0.25, -0.2) is 4.79 Å². The van der Waals surface area contributed by atoms with Gasteiger partial charge in [-0.15, -0.1) is 0 Å². The molecule has 6 rings (SSSR count). The Morgan fingerprint density at radius 1 is 1.08 bits per heavy atom. The van der Waals surface area contributed by atoms with Gasteiger partial charge in [0.1, 0.15) is 5.60 Å². The molecule has 0 radical (unpaired) electrons. The maximum atomic E-state index is 12.9. The van der Waals surface area contributed by atoms with E-state index in [1.54, 1.807) is 0 Å². The van der Waals surface area contributed by atoms with Crippen LogP contribution in [0.3, 0.4) is 0 Å². The molecule has 4 heteroatoms. The maximum absolute atomic E-state index is 12.9. The normalized spacial score (nSPS) is 39.1. The highest BCUT2D eigenvalue weighted by Gasteiger charge is 2.53. The number of benzene rings is 1. The van der Waals surface area contributed by atoms with Crippen molar-refractivity contribution in [2.75, 3.05) is 19.7 Å². The lowest BCUT2D eigenvalue weighted by atomic mass is 9.54. The van der Waals surface area contributed by atoms with Crippen molar-refractivity contribution in [2.45, 2.75) is 56.8 Å². The van der Waals surface area contributed by atoms with E-state index in [0.717, 1.165) is 50.1 Å². The molecule has 1 aliphatic heterocycles. The second-order valence-corrected chi connectivity index (χ2v) is 9.10. The van der Waals surface area contributed by atoms with Crippen molar-refractivity contribution in [1.29, 1.82) is 0 Å². The average Bonchev–Trinajstić information content (AvgIpc) is 2.61. The fourth-order valence-electron chi connectivity index (χ4n) is 6.27. The first kappa shape index (κ1) is 16.8. The van der Waals surface area contributed by atoms with Crippen molar-refractivity contribution in [3.05, 3.63) is 35.9 Å². The lowest BCUT2D eigenvalue weighted by Gasteiger charge is -2.55. The number of esters is 1. The van der Waals surface area contributed by atoms with Gasteiger partial charge in [-0.3, -0.25) is 4.90 Å². The van der Waals surface area contributed by atoms with Crippen LogP contribution in [0, 0.1) is 17.8 Å². The fourth-order valence-corrected chi connectivity index (χ4v) is 6.27. The first-order chi connectivity index (χ1) is 12.7. The molecular weight excluding hydrogens is 326 g/mol. The van der Waals surface area contributed by atoms with Crippen LogP contribution in [0.2, 0.25) is 0 Å². The topological polar surface area (TPSA) is 38.8 Å². The van der Waals surface area contributed by atoms with Crippen LogP contribution in [0.1, 0.15) is 44.1 Å². The van der Waals surface area contributed by atoms with Crippen LogP contribution in [0.25, 0.3) is 0 Å². The highest BCUT2D eigenvalue weighted by atomic mass is 16.6. The molecule has 1 aromatic rings. The third-order valence-corrected chi connectivity index (χ3v) is 6.96. The van der Waals surface area contributed by atoms with Crippen molar-refractivity contribution >= 4 is 5.97 Å². The number of nitrogens with zero attached hydrogens (tertiary/aromatic N) is 1. The van der Waals surface area contributed by atoms with Crippen molar-refractivity contribution in [3.63, 3.8) is 0 Å². The van der Waals surface area contributed by atoms with Gasteiger partial charge in [0.15, 0.2) is 6.10 Å². The molecule has 5 fully saturated rings. The zero-order valence-electron chi connectivity index (χ0n) is 15.4. The molecule has 0 N–H and O–H groups in total. The monoisotopic (exact) mass is 355 g/mol. The average molecular weight is 355 g/mol. The molecule has 0 amide bonds. The zero-order chi connectivity index (χ0) is 17.6. The van der Waals surface area contributed by atoms with E-state index in [9.17, 15) is 4.79 Å². The second-order valence-electron chi connectivity index (χ2n) is 9.10. The fraction of sp³-hybridized carbons (Fsp3) is 0.682. The van der Waals surface area contributed by atoms with Crippen LogP contribution in [0.4, 0.5) is 0 Å². The van der Waals surface area contributed by atoms with Crippen molar-refractivity contribution in [1.82, 2.24) is 4.90 Å². The molecule has 26 heavy (non-hydrogen) atoms. The maximum Gasteiger partial charge on any atom is 0.337 e. The van der Waals surface area contributed by atoms with Crippen LogP contribution in [0.5, 0.6) is 0 Å². The minimum atomic E-state index is -0.430. The zero-order valence-corrected chi connectivity index (χ0v) is 15.4. The van der Waals surface area contributed by atoms with Gasteiger partial charge in [-0.1, -0.05) is 30.3 Å². The quantitative estimate of drug-likeness (QED) is 0.776. The standard InChI is InChI=1S/C22H29NO3/c24-21(26-22-11-17-8-18(12-22)10-19(9-17)13-22)20-15-23(6-7-25-20)14-16-4-2-1-3-5-16/h1-5,17-20H,6-15H2. The molecule has 4 bridgehead atoms. The first-order valence-electron chi connectivity index (χ1n) is 10.3. The molecule has 0 spiro atoms. The minimum Gasteiger partial charge on any atom is -0.457 e. The minimum absolute atomic E-state index is 0.121. The van der Waals surface area contributed by atoms with Crippen LogP contribution < -0.4 is 0 Å². The Morgan fingerprint density at radius 2 is 1.73 bits per heavy atom. The summed E-state index contributed by atoms with van der Waals surface area (Å²) in [6, 6.07) is 10.4. The summed E-state index contributed by atoms with van der Waals surface area (Å²) in [5.74, 6) is 2.24. The Bertz CT molecular complexity index is 623. The van der Waals surface area contributed by atoms with E-state index >= 15 is 0 Å². The Balaban J connectivity index is 1.22. The van der Waals surface area contributed by atoms with Crippen LogP contribution in [0.15, 0.2) is 30.3 Å². The number of carbonyl (C=O) groups excluding carboxylic acids is 1. The molecule has 1 unspecified atom stereocenters. The second kappa shape index (κ2) is 6.65. The summed E-state index contributed by atoms with van der Waals surface area (Å²) in [5, 5.41) is 0. The molecule has 1 saturated heterocycles. The molecular formula is C22H29NO3. The van der Waals surface area contributed by atoms with Crippen molar-refractivity contribution < 1.29 is 14.3 Å². The molecule has 1 aromatic carbocycles. The van der Waals surface area contributed by atoms with Gasteiger partial charge in [0.05, 0.1) is 6.61 Å². The Morgan fingerprint density at radius 3 is 2.38 bits per heavy atom. The van der Waals surface area contributed by atoms with E-state index in [4.69, 9.17) is 9.47 Å². The molecule has 4 nitrogen and oxygen atoms in total. The predicted molar refractivity (Wildman–Crippen MR) is 98.5 cm³/mol. The predicted octanol–water partition coefficient (Wildman–Crippen LogP) is 3.40. The highest BCUT2D eigenvalue weighted by Crippen LogP contribution is 2.57. The summed E-state index contributed by atoms with van der Waals surface area (Å²) in [7, 11) is 0. The summed E-state index contributed by atoms with van der Waals surface area (Å²) in [5.41, 5.74) is 1.11. The van der Waals surface area contributed by atoms with Gasteiger partial charge < -0.3 is 9.47 Å². The smallest absolute Gasteiger partial charge is 0.337 e. The summed E-state index contributed by atoms with van der Waals surface area (Å²) in [6.45, 7) is 2.98. The Kier molecular flexibility index (Phi) is 4.29. The SMILES string of the molecule is O=C(OC12CC3CC(CC(C3)C1)C2)C1CN(Cc2ccccc2)CCO1. The summed E-state index contributed by atoms with van der Waals surface area (Å²) < 4.78 is 12.0. The third-order valence-electron chi connectivity index (χ3n) is 6.96. The van der Waals surface area contributed by atoms with Crippen LogP contribution in [-0.4, -0.2) is 42.3 Å². The molecule has 0 aromatic heterocycles. The molecule has 140 valence electrons. The van der Waals surface area contributed by atoms with E-state index in [2.05, 4.69) is 29.2 Å². The number of carbonyl (C=O) groups is 1. The molecule has 4 aliphatic carbocycles. The van der Waals surface area contributed by atoms with E-state index in [0.29, 0.717) is 13.2 Å². The lowest BCUT2D eigenvalue weighted by Crippen LogP contribution is -2.55. The summed E-state index contributed by atoms with van der Waals surface area (Å²) >= 11 is 0. The van der Waals surface area contributed by atoms with Gasteiger partial charge in [-0.2, -0.15) is 0 Å². The largest absolute Gasteiger partial charge is 0.457 e. The number of ether oxygens (including phenoxy) is 2. The molecule has 5 aliphatic rings. The van der Waals surface area contributed by atoms with Crippen LogP contribution in [-0.2, 0) is 20.8 Å². The van der Waals surface area contributed by atoms with Gasteiger partial charge >= 0.3 is 5.97 Å². The van der Waals surface area contributed by atoms with Gasteiger partial charge in [0.2, 0.25) is 0 Å².